The largest absolute Gasteiger partial charge is 0.497 e. The van der Waals surface area contributed by atoms with E-state index in [1.807, 2.05) is 38.1 Å². The van der Waals surface area contributed by atoms with Gasteiger partial charge in [-0.1, -0.05) is 23.8 Å². The van der Waals surface area contributed by atoms with Crippen LogP contribution in [-0.4, -0.2) is 34.7 Å². The molecular weight excluding hydrogens is 436 g/mol. The number of aryl methyl sites for hydroxylation is 1. The van der Waals surface area contributed by atoms with Crippen LogP contribution in [0.25, 0.3) is 0 Å². The molecular formula is C26H30N2O4S. The highest BCUT2D eigenvalue weighted by Gasteiger charge is 2.32. The summed E-state index contributed by atoms with van der Waals surface area (Å²) in [7, 11) is -0.669. The molecule has 0 fully saturated rings. The van der Waals surface area contributed by atoms with Crippen molar-refractivity contribution in [3.8, 4) is 11.5 Å². The Kier molecular flexibility index (Phi) is 7.33. The van der Waals surface area contributed by atoms with Crippen molar-refractivity contribution in [3.63, 3.8) is 0 Å². The minimum absolute atomic E-state index is 0.116. The van der Waals surface area contributed by atoms with Crippen molar-refractivity contribution in [2.75, 3.05) is 30.4 Å². The average Bonchev–Trinajstić information content (AvgIpc) is 2.83. The maximum absolute atomic E-state index is 13.7. The fraction of sp³-hybridized carbons (Fsp3) is 0.231. The molecule has 0 aliphatic rings. The zero-order valence-electron chi connectivity index (χ0n) is 19.4. The second-order valence-electron chi connectivity index (χ2n) is 8.00. The Balaban J connectivity index is 2.01. The molecule has 1 atom stereocenters. The van der Waals surface area contributed by atoms with E-state index in [0.29, 0.717) is 11.4 Å². The van der Waals surface area contributed by atoms with Crippen LogP contribution in [0.1, 0.15) is 12.5 Å². The van der Waals surface area contributed by atoms with E-state index in [-0.39, 0.29) is 11.4 Å². The monoisotopic (exact) mass is 466 g/mol. The summed E-state index contributed by atoms with van der Waals surface area (Å²) in [5.74, 6) is 1.39. The fourth-order valence-corrected chi connectivity index (χ4v) is 4.93. The first-order valence-electron chi connectivity index (χ1n) is 10.5. The quantitative estimate of drug-likeness (QED) is 0.413. The molecule has 3 rings (SSSR count). The summed E-state index contributed by atoms with van der Waals surface area (Å²) >= 11 is 0. The average molecular weight is 467 g/mol. The van der Waals surface area contributed by atoms with E-state index in [4.69, 9.17) is 9.47 Å². The molecule has 0 saturated heterocycles. The van der Waals surface area contributed by atoms with Gasteiger partial charge in [-0.15, -0.1) is 6.58 Å². The molecule has 33 heavy (non-hydrogen) atoms. The number of hydrogen-bond acceptors (Lipinski definition) is 5. The van der Waals surface area contributed by atoms with E-state index in [9.17, 15) is 8.42 Å². The number of sulfonamides is 1. The van der Waals surface area contributed by atoms with Crippen LogP contribution in [0.15, 0.2) is 90.3 Å². The van der Waals surface area contributed by atoms with Gasteiger partial charge in [0.2, 0.25) is 0 Å². The van der Waals surface area contributed by atoms with E-state index in [2.05, 4.69) is 11.9 Å². The normalized spacial score (nSPS) is 13.0. The maximum atomic E-state index is 13.7. The molecule has 0 bridgehead atoms. The van der Waals surface area contributed by atoms with Crippen LogP contribution in [0, 0.1) is 6.92 Å². The Labute approximate surface area is 196 Å². The minimum atomic E-state index is -3.85. The first-order chi connectivity index (χ1) is 15.7. The highest BCUT2D eigenvalue weighted by atomic mass is 32.2. The molecule has 0 heterocycles. The number of anilines is 2. The van der Waals surface area contributed by atoms with Gasteiger partial charge in [-0.2, -0.15) is 0 Å². The Morgan fingerprint density at radius 2 is 1.42 bits per heavy atom. The predicted octanol–water partition coefficient (Wildman–Crippen LogP) is 5.26. The molecule has 6 nitrogen and oxygen atoms in total. The van der Waals surface area contributed by atoms with Crippen molar-refractivity contribution in [2.45, 2.75) is 24.3 Å². The van der Waals surface area contributed by atoms with Crippen LogP contribution in [0.4, 0.5) is 11.4 Å². The van der Waals surface area contributed by atoms with Crippen molar-refractivity contribution in [2.24, 2.45) is 0 Å². The third-order valence-electron chi connectivity index (χ3n) is 5.41. The molecule has 3 aromatic carbocycles. The fourth-order valence-electron chi connectivity index (χ4n) is 3.36. The van der Waals surface area contributed by atoms with Gasteiger partial charge in [0.15, 0.2) is 0 Å². The molecule has 7 heteroatoms. The van der Waals surface area contributed by atoms with Gasteiger partial charge >= 0.3 is 0 Å². The van der Waals surface area contributed by atoms with Crippen LogP contribution in [-0.2, 0) is 10.0 Å². The van der Waals surface area contributed by atoms with Gasteiger partial charge in [0.1, 0.15) is 11.5 Å². The molecule has 0 aliphatic carbocycles. The van der Waals surface area contributed by atoms with Gasteiger partial charge in [0.25, 0.3) is 10.0 Å². The first kappa shape index (κ1) is 24.2. The van der Waals surface area contributed by atoms with Crippen molar-refractivity contribution >= 4 is 21.4 Å². The lowest BCUT2D eigenvalue weighted by atomic mass is 10.0. The molecule has 0 unspecified atom stereocenters. The third kappa shape index (κ3) is 5.68. The number of benzene rings is 3. The van der Waals surface area contributed by atoms with Crippen LogP contribution in [0.3, 0.4) is 0 Å². The highest BCUT2D eigenvalue weighted by Crippen LogP contribution is 2.30. The number of rotatable bonds is 10. The number of methoxy groups -OCH3 is 2. The van der Waals surface area contributed by atoms with E-state index < -0.39 is 15.6 Å². The number of ether oxygens (including phenoxy) is 2. The molecule has 174 valence electrons. The van der Waals surface area contributed by atoms with Gasteiger partial charge in [-0.25, -0.2) is 8.42 Å². The molecule has 1 N–H and O–H groups in total. The molecule has 0 aromatic heterocycles. The first-order valence-corrected chi connectivity index (χ1v) is 11.9. The van der Waals surface area contributed by atoms with Gasteiger partial charge in [-0.05, 0) is 74.5 Å². The molecule has 0 amide bonds. The lowest BCUT2D eigenvalue weighted by molar-refractivity contribution is 0.414. The molecule has 0 aliphatic heterocycles. The second kappa shape index (κ2) is 10.0. The van der Waals surface area contributed by atoms with Crippen LogP contribution in [0.2, 0.25) is 0 Å². The summed E-state index contributed by atoms with van der Waals surface area (Å²) in [6, 6.07) is 21.3. The Hall–Kier alpha value is -3.45. The van der Waals surface area contributed by atoms with Crippen molar-refractivity contribution in [1.29, 1.82) is 0 Å². The number of nitrogens with one attached hydrogen (secondary N) is 1. The summed E-state index contributed by atoms with van der Waals surface area (Å²) in [5.41, 5.74) is 1.57. The zero-order valence-corrected chi connectivity index (χ0v) is 20.2. The SMILES string of the molecule is C=C[C@@](C)(CN(c1ccc(OC)cc1)S(=O)(=O)c1ccc(C)cc1)Nc1ccc(OC)cc1. The molecule has 0 saturated carbocycles. The van der Waals surface area contributed by atoms with E-state index >= 15 is 0 Å². The Bertz CT molecular complexity index is 1170. The number of nitrogens with zero attached hydrogens (tertiary/aromatic N) is 1. The van der Waals surface area contributed by atoms with Gasteiger partial charge in [0.05, 0.1) is 36.9 Å². The van der Waals surface area contributed by atoms with Crippen molar-refractivity contribution in [3.05, 3.63) is 91.0 Å². The maximum Gasteiger partial charge on any atom is 0.264 e. The Morgan fingerprint density at radius 1 is 0.909 bits per heavy atom. The van der Waals surface area contributed by atoms with Crippen molar-refractivity contribution < 1.29 is 17.9 Å². The number of hydrogen-bond donors (Lipinski definition) is 1. The van der Waals surface area contributed by atoms with E-state index in [1.54, 1.807) is 68.8 Å². The molecule has 0 spiro atoms. The van der Waals surface area contributed by atoms with Crippen molar-refractivity contribution in [1.82, 2.24) is 0 Å². The van der Waals surface area contributed by atoms with Crippen LogP contribution in [0.5, 0.6) is 11.5 Å². The zero-order chi connectivity index (χ0) is 24.1. The predicted molar refractivity (Wildman–Crippen MR) is 134 cm³/mol. The van der Waals surface area contributed by atoms with Gasteiger partial charge in [-0.3, -0.25) is 4.31 Å². The summed E-state index contributed by atoms with van der Waals surface area (Å²) in [5, 5.41) is 3.41. The topological polar surface area (TPSA) is 67.9 Å². The minimum Gasteiger partial charge on any atom is -0.497 e. The van der Waals surface area contributed by atoms with E-state index in [0.717, 1.165) is 17.0 Å². The van der Waals surface area contributed by atoms with Crippen LogP contribution < -0.4 is 19.1 Å². The lowest BCUT2D eigenvalue weighted by Crippen LogP contribution is -2.47. The molecule has 3 aromatic rings. The lowest BCUT2D eigenvalue weighted by Gasteiger charge is -2.35. The Morgan fingerprint density at radius 3 is 1.91 bits per heavy atom. The molecule has 0 radical (unpaired) electrons. The summed E-state index contributed by atoms with van der Waals surface area (Å²) in [6.45, 7) is 7.92. The van der Waals surface area contributed by atoms with Gasteiger partial charge in [0, 0.05) is 5.69 Å². The standard InChI is InChI=1S/C26H30N2O4S/c1-6-26(3,27-21-9-13-23(31-4)14-10-21)19-28(22-11-15-24(32-5)16-12-22)33(29,30)25-17-7-20(2)8-18-25/h6-18,27H,1,19H2,2-5H3/t26-/m0/s1. The van der Waals surface area contributed by atoms with E-state index in [1.165, 1.54) is 4.31 Å². The third-order valence-corrected chi connectivity index (χ3v) is 7.20. The highest BCUT2D eigenvalue weighted by molar-refractivity contribution is 7.92. The summed E-state index contributed by atoms with van der Waals surface area (Å²) < 4.78 is 39.4. The summed E-state index contributed by atoms with van der Waals surface area (Å²) in [4.78, 5) is 0.222. The summed E-state index contributed by atoms with van der Waals surface area (Å²) in [6.07, 6.45) is 1.72. The smallest absolute Gasteiger partial charge is 0.264 e. The van der Waals surface area contributed by atoms with Crippen LogP contribution >= 0.6 is 0 Å². The second-order valence-corrected chi connectivity index (χ2v) is 9.86. The van der Waals surface area contributed by atoms with Gasteiger partial charge < -0.3 is 14.8 Å².